The maximum absolute atomic E-state index is 11.9. The van der Waals surface area contributed by atoms with Crippen molar-refractivity contribution in [1.82, 2.24) is 0 Å². The van der Waals surface area contributed by atoms with Crippen molar-refractivity contribution in [2.24, 2.45) is 11.1 Å². The Kier molecular flexibility index (Phi) is 4.16. The Morgan fingerprint density at radius 2 is 1.86 bits per heavy atom. The second-order valence-corrected chi connectivity index (χ2v) is 4.20. The van der Waals surface area contributed by atoms with Gasteiger partial charge in [-0.15, -0.1) is 6.42 Å². The molecule has 0 aromatic heterocycles. The van der Waals surface area contributed by atoms with Crippen LogP contribution in [0, 0.1) is 17.8 Å². The van der Waals surface area contributed by atoms with Crippen molar-refractivity contribution in [2.45, 2.75) is 44.9 Å². The number of hydrogen-bond donors (Lipinski definition) is 1. The summed E-state index contributed by atoms with van der Waals surface area (Å²) in [6.45, 7) is 0.466. The minimum atomic E-state index is -0.289. The van der Waals surface area contributed by atoms with Crippen molar-refractivity contribution in [1.29, 1.82) is 0 Å². The molecule has 0 unspecified atom stereocenters. The molecule has 78 valence electrons. The first kappa shape index (κ1) is 11.3. The van der Waals surface area contributed by atoms with E-state index in [9.17, 15) is 4.79 Å². The molecule has 1 fully saturated rings. The van der Waals surface area contributed by atoms with Gasteiger partial charge in [0.1, 0.15) is 0 Å². The van der Waals surface area contributed by atoms with E-state index in [2.05, 4.69) is 5.92 Å². The Morgan fingerprint density at radius 1 is 1.29 bits per heavy atom. The first-order valence-electron chi connectivity index (χ1n) is 5.42. The van der Waals surface area contributed by atoms with Crippen LogP contribution < -0.4 is 5.73 Å². The summed E-state index contributed by atoms with van der Waals surface area (Å²) >= 11 is 0. The molecule has 1 rings (SSSR count). The zero-order valence-electron chi connectivity index (χ0n) is 8.72. The van der Waals surface area contributed by atoms with E-state index < -0.39 is 0 Å². The van der Waals surface area contributed by atoms with Crippen LogP contribution in [0.2, 0.25) is 0 Å². The highest BCUT2D eigenvalue weighted by atomic mass is 16.1. The Labute approximate surface area is 86.2 Å². The molecule has 0 aromatic rings. The number of Topliss-reactive ketones (excluding diaryl/α,β-unsaturated/α-hetero) is 1. The van der Waals surface area contributed by atoms with Gasteiger partial charge in [-0.1, -0.05) is 31.6 Å². The number of rotatable bonds is 3. The minimum absolute atomic E-state index is 0.185. The van der Waals surface area contributed by atoms with Crippen LogP contribution >= 0.6 is 0 Å². The molecule has 14 heavy (non-hydrogen) atoms. The molecule has 0 heterocycles. The number of ketones is 1. The summed E-state index contributed by atoms with van der Waals surface area (Å²) in [6.07, 6.45) is 12.0. The molecule has 0 saturated heterocycles. The number of nitrogens with two attached hydrogens (primary N) is 1. The van der Waals surface area contributed by atoms with Gasteiger partial charge in [-0.05, 0) is 12.8 Å². The zero-order chi connectivity index (χ0) is 10.4. The molecule has 2 nitrogen and oxygen atoms in total. The lowest BCUT2D eigenvalue weighted by atomic mass is 9.75. The molecule has 0 atom stereocenters. The zero-order valence-corrected chi connectivity index (χ0v) is 8.72. The quantitative estimate of drug-likeness (QED) is 0.549. The van der Waals surface area contributed by atoms with Gasteiger partial charge < -0.3 is 5.73 Å². The lowest BCUT2D eigenvalue weighted by Crippen LogP contribution is -2.38. The van der Waals surface area contributed by atoms with E-state index >= 15 is 0 Å². The molecule has 0 aromatic carbocycles. The molecule has 0 aliphatic heterocycles. The average molecular weight is 193 g/mol. The molecule has 1 aliphatic rings. The second-order valence-electron chi connectivity index (χ2n) is 4.20. The van der Waals surface area contributed by atoms with Crippen molar-refractivity contribution in [3.8, 4) is 12.3 Å². The fourth-order valence-electron chi connectivity index (χ4n) is 2.28. The molecule has 0 bridgehead atoms. The standard InChI is InChI=1S/C12H19NO/c1-2-7-11(14)12(10-13)8-5-3-4-6-9-12/h1H,3-10,13H2. The van der Waals surface area contributed by atoms with Gasteiger partial charge in [0.15, 0.2) is 5.78 Å². The van der Waals surface area contributed by atoms with Gasteiger partial charge in [-0.3, -0.25) is 4.79 Å². The summed E-state index contributed by atoms with van der Waals surface area (Å²) < 4.78 is 0. The monoisotopic (exact) mass is 193 g/mol. The maximum Gasteiger partial charge on any atom is 0.152 e. The molecule has 1 aliphatic carbocycles. The van der Waals surface area contributed by atoms with Crippen LogP contribution in [-0.2, 0) is 4.79 Å². The second kappa shape index (κ2) is 5.17. The van der Waals surface area contributed by atoms with E-state index in [1.54, 1.807) is 0 Å². The molecule has 1 saturated carbocycles. The van der Waals surface area contributed by atoms with E-state index in [4.69, 9.17) is 12.2 Å². The molecule has 0 amide bonds. The average Bonchev–Trinajstić information content (AvgIpc) is 2.44. The highest BCUT2D eigenvalue weighted by Crippen LogP contribution is 2.35. The maximum atomic E-state index is 11.9. The van der Waals surface area contributed by atoms with Gasteiger partial charge in [0.05, 0.1) is 6.42 Å². The van der Waals surface area contributed by atoms with Crippen LogP contribution in [0.3, 0.4) is 0 Å². The summed E-state index contributed by atoms with van der Waals surface area (Å²) in [7, 11) is 0. The lowest BCUT2D eigenvalue weighted by molar-refractivity contribution is -0.128. The van der Waals surface area contributed by atoms with Crippen molar-refractivity contribution in [3.63, 3.8) is 0 Å². The first-order chi connectivity index (χ1) is 6.75. The lowest BCUT2D eigenvalue weighted by Gasteiger charge is -2.28. The topological polar surface area (TPSA) is 43.1 Å². The predicted molar refractivity (Wildman–Crippen MR) is 57.6 cm³/mol. The van der Waals surface area contributed by atoms with Crippen LogP contribution in [0.1, 0.15) is 44.9 Å². The third-order valence-electron chi connectivity index (χ3n) is 3.31. The first-order valence-corrected chi connectivity index (χ1v) is 5.42. The molecular weight excluding hydrogens is 174 g/mol. The SMILES string of the molecule is C#CCC(=O)C1(CN)CCCCCC1. The molecule has 2 N–H and O–H groups in total. The van der Waals surface area contributed by atoms with Gasteiger partial charge in [0.25, 0.3) is 0 Å². The molecule has 2 heteroatoms. The van der Waals surface area contributed by atoms with E-state index in [1.165, 1.54) is 12.8 Å². The van der Waals surface area contributed by atoms with Crippen molar-refractivity contribution < 1.29 is 4.79 Å². The summed E-state index contributed by atoms with van der Waals surface area (Å²) in [6, 6.07) is 0. The molecule has 0 radical (unpaired) electrons. The Balaban J connectivity index is 2.72. The highest BCUT2D eigenvalue weighted by Gasteiger charge is 2.35. The Morgan fingerprint density at radius 3 is 2.29 bits per heavy atom. The fraction of sp³-hybridized carbons (Fsp3) is 0.750. The van der Waals surface area contributed by atoms with Crippen LogP contribution in [0.4, 0.5) is 0 Å². The van der Waals surface area contributed by atoms with Gasteiger partial charge in [0.2, 0.25) is 0 Å². The summed E-state index contributed by atoms with van der Waals surface area (Å²) in [4.78, 5) is 11.9. The minimum Gasteiger partial charge on any atom is -0.329 e. The number of carbonyl (C=O) groups is 1. The number of carbonyl (C=O) groups excluding carboxylic acids is 1. The van der Waals surface area contributed by atoms with Crippen molar-refractivity contribution in [3.05, 3.63) is 0 Å². The predicted octanol–water partition coefficient (Wildman–Crippen LogP) is 1.88. The fourth-order valence-corrected chi connectivity index (χ4v) is 2.28. The van der Waals surface area contributed by atoms with Gasteiger partial charge >= 0.3 is 0 Å². The summed E-state index contributed by atoms with van der Waals surface area (Å²) in [5, 5.41) is 0. The van der Waals surface area contributed by atoms with Gasteiger partial charge in [-0.2, -0.15) is 0 Å². The largest absolute Gasteiger partial charge is 0.329 e. The van der Waals surface area contributed by atoms with E-state index in [-0.39, 0.29) is 17.6 Å². The van der Waals surface area contributed by atoms with Crippen LogP contribution in [0.15, 0.2) is 0 Å². The van der Waals surface area contributed by atoms with Crippen LogP contribution in [0.25, 0.3) is 0 Å². The van der Waals surface area contributed by atoms with Crippen LogP contribution in [0.5, 0.6) is 0 Å². The highest BCUT2D eigenvalue weighted by molar-refractivity contribution is 5.87. The van der Waals surface area contributed by atoms with E-state index in [1.807, 2.05) is 0 Å². The van der Waals surface area contributed by atoms with Crippen molar-refractivity contribution >= 4 is 5.78 Å². The molecule has 0 spiro atoms. The Bertz CT molecular complexity index is 231. The Hall–Kier alpha value is -0.810. The third-order valence-corrected chi connectivity index (χ3v) is 3.31. The summed E-state index contributed by atoms with van der Waals surface area (Å²) in [5.74, 6) is 2.62. The van der Waals surface area contributed by atoms with E-state index in [0.29, 0.717) is 6.54 Å². The normalized spacial score (nSPS) is 20.9. The van der Waals surface area contributed by atoms with Gasteiger partial charge in [-0.25, -0.2) is 0 Å². The summed E-state index contributed by atoms with van der Waals surface area (Å²) in [5.41, 5.74) is 5.46. The third kappa shape index (κ3) is 2.36. The van der Waals surface area contributed by atoms with Crippen LogP contribution in [-0.4, -0.2) is 12.3 Å². The van der Waals surface area contributed by atoms with Gasteiger partial charge in [0, 0.05) is 12.0 Å². The van der Waals surface area contributed by atoms with E-state index in [0.717, 1.165) is 25.7 Å². The van der Waals surface area contributed by atoms with Crippen molar-refractivity contribution in [2.75, 3.05) is 6.54 Å². The smallest absolute Gasteiger partial charge is 0.152 e. The molecular formula is C12H19NO. The number of hydrogen-bond acceptors (Lipinski definition) is 2. The number of terminal acetylenes is 1.